The van der Waals surface area contributed by atoms with E-state index in [-0.39, 0.29) is 34.8 Å². The normalized spacial score (nSPS) is 11.2. The van der Waals surface area contributed by atoms with Crippen molar-refractivity contribution in [3.05, 3.63) is 107 Å². The Labute approximate surface area is 225 Å². The summed E-state index contributed by atoms with van der Waals surface area (Å²) in [4.78, 5) is 39.2. The molecule has 0 spiro atoms. The average molecular weight is 523 g/mol. The Kier molecular flexibility index (Phi) is 8.02. The van der Waals surface area contributed by atoms with Gasteiger partial charge in [-0.3, -0.25) is 9.59 Å². The molecule has 3 aromatic carbocycles. The van der Waals surface area contributed by atoms with Gasteiger partial charge in [-0.1, -0.05) is 30.3 Å². The Bertz CT molecular complexity index is 1540. The van der Waals surface area contributed by atoms with Crippen LogP contribution in [-0.4, -0.2) is 46.1 Å². The van der Waals surface area contributed by atoms with Crippen LogP contribution in [0.1, 0.15) is 44.8 Å². The minimum absolute atomic E-state index is 0.194. The number of esters is 1. The Balaban J connectivity index is 1.34. The monoisotopic (exact) mass is 522 g/mol. The number of carbonyl (C=O) groups is 3. The molecule has 1 aromatic heterocycles. The summed E-state index contributed by atoms with van der Waals surface area (Å²) in [5.74, 6) is -1.09. The minimum Gasteiger partial charge on any atom is -0.452 e. The second kappa shape index (κ2) is 11.7. The molecule has 196 valence electrons. The molecular formula is C29H26N6O4. The number of nitrogen functional groups attached to an aromatic ring is 1. The van der Waals surface area contributed by atoms with Gasteiger partial charge in [0.25, 0.3) is 11.8 Å². The van der Waals surface area contributed by atoms with Gasteiger partial charge in [-0.2, -0.15) is 10.4 Å². The maximum atomic E-state index is 12.8. The van der Waals surface area contributed by atoms with Crippen LogP contribution in [0.25, 0.3) is 5.69 Å². The molecule has 1 atom stereocenters. The average Bonchev–Trinajstić information content (AvgIpc) is 3.35. The summed E-state index contributed by atoms with van der Waals surface area (Å²) in [5, 5.41) is 16.0. The summed E-state index contributed by atoms with van der Waals surface area (Å²) < 4.78 is 6.62. The standard InChI is InChI=1S/C29H26N6O4/c1-19(22-9-6-10-24(15-22)33-28(37)20-7-4-3-5-8-20)34(2)26(36)18-39-29(38)21-11-13-25(14-12-21)35-27(31)23(16-30)17-32-35/h3-15,17,19H,18,31H2,1-2H3,(H,33,37). The molecule has 10 heteroatoms. The third-order valence-electron chi connectivity index (χ3n) is 6.24. The summed E-state index contributed by atoms with van der Waals surface area (Å²) in [5.41, 5.74) is 8.90. The highest BCUT2D eigenvalue weighted by Crippen LogP contribution is 2.23. The van der Waals surface area contributed by atoms with E-state index in [1.807, 2.05) is 25.1 Å². The number of anilines is 2. The van der Waals surface area contributed by atoms with Gasteiger partial charge in [-0.25, -0.2) is 9.48 Å². The maximum absolute atomic E-state index is 12.8. The molecule has 39 heavy (non-hydrogen) atoms. The lowest BCUT2D eigenvalue weighted by Crippen LogP contribution is -2.33. The number of likely N-dealkylation sites (N-methyl/N-ethyl adjacent to an activating group) is 1. The smallest absolute Gasteiger partial charge is 0.338 e. The third kappa shape index (κ3) is 6.11. The van der Waals surface area contributed by atoms with Crippen LogP contribution in [0.15, 0.2) is 85.1 Å². The van der Waals surface area contributed by atoms with E-state index in [0.29, 0.717) is 16.9 Å². The lowest BCUT2D eigenvalue weighted by atomic mass is 10.1. The predicted molar refractivity (Wildman–Crippen MR) is 145 cm³/mol. The van der Waals surface area contributed by atoms with Gasteiger partial charge in [-0.05, 0) is 61.0 Å². The van der Waals surface area contributed by atoms with Crippen LogP contribution in [0.5, 0.6) is 0 Å². The van der Waals surface area contributed by atoms with Crippen LogP contribution in [0.3, 0.4) is 0 Å². The van der Waals surface area contributed by atoms with Gasteiger partial charge < -0.3 is 20.7 Å². The zero-order valence-corrected chi connectivity index (χ0v) is 21.4. The van der Waals surface area contributed by atoms with Gasteiger partial charge in [-0.15, -0.1) is 0 Å². The molecule has 1 heterocycles. The SMILES string of the molecule is CC(c1cccc(NC(=O)c2ccccc2)c1)N(C)C(=O)COC(=O)c1ccc(-n2ncc(C#N)c2N)cc1. The van der Waals surface area contributed by atoms with E-state index in [1.165, 1.54) is 27.9 Å². The Hall–Kier alpha value is -5.43. The van der Waals surface area contributed by atoms with E-state index in [1.54, 1.807) is 61.6 Å². The van der Waals surface area contributed by atoms with E-state index in [2.05, 4.69) is 10.4 Å². The summed E-state index contributed by atoms with van der Waals surface area (Å²) in [6.45, 7) is 1.40. The summed E-state index contributed by atoms with van der Waals surface area (Å²) in [7, 11) is 1.62. The first-order chi connectivity index (χ1) is 18.8. The number of nitrogens with one attached hydrogen (secondary N) is 1. The molecular weight excluding hydrogens is 496 g/mol. The zero-order valence-electron chi connectivity index (χ0n) is 21.4. The number of nitriles is 1. The van der Waals surface area contributed by atoms with Crippen LogP contribution >= 0.6 is 0 Å². The fourth-order valence-electron chi connectivity index (χ4n) is 3.81. The first kappa shape index (κ1) is 26.6. The molecule has 0 saturated heterocycles. The highest BCUT2D eigenvalue weighted by Gasteiger charge is 2.20. The van der Waals surface area contributed by atoms with Gasteiger partial charge in [0.2, 0.25) is 0 Å². The van der Waals surface area contributed by atoms with Crippen LogP contribution in [-0.2, 0) is 9.53 Å². The molecule has 0 aliphatic carbocycles. The first-order valence-corrected chi connectivity index (χ1v) is 12.0. The molecule has 0 fully saturated rings. The Morgan fingerprint density at radius 3 is 2.44 bits per heavy atom. The van der Waals surface area contributed by atoms with Crippen molar-refractivity contribution in [1.82, 2.24) is 14.7 Å². The van der Waals surface area contributed by atoms with Crippen molar-refractivity contribution in [3.8, 4) is 11.8 Å². The van der Waals surface area contributed by atoms with Gasteiger partial charge in [0, 0.05) is 18.3 Å². The summed E-state index contributed by atoms with van der Waals surface area (Å²) in [6, 6.07) is 24.0. The van der Waals surface area contributed by atoms with Crippen molar-refractivity contribution in [2.75, 3.05) is 24.7 Å². The van der Waals surface area contributed by atoms with Gasteiger partial charge in [0.15, 0.2) is 6.61 Å². The van der Waals surface area contributed by atoms with Crippen molar-refractivity contribution in [3.63, 3.8) is 0 Å². The highest BCUT2D eigenvalue weighted by atomic mass is 16.5. The molecule has 0 bridgehead atoms. The number of amides is 2. The Morgan fingerprint density at radius 1 is 1.05 bits per heavy atom. The van der Waals surface area contributed by atoms with Gasteiger partial charge in [0.05, 0.1) is 23.5 Å². The lowest BCUT2D eigenvalue weighted by Gasteiger charge is -2.25. The predicted octanol–water partition coefficient (Wildman–Crippen LogP) is 3.95. The van der Waals surface area contributed by atoms with Crippen molar-refractivity contribution in [1.29, 1.82) is 5.26 Å². The van der Waals surface area contributed by atoms with Gasteiger partial charge >= 0.3 is 5.97 Å². The molecule has 2 amide bonds. The fraction of sp³-hybridized carbons (Fsp3) is 0.138. The third-order valence-corrected chi connectivity index (χ3v) is 6.24. The largest absolute Gasteiger partial charge is 0.452 e. The van der Waals surface area contributed by atoms with Crippen LogP contribution in [0, 0.1) is 11.3 Å². The summed E-state index contributed by atoms with van der Waals surface area (Å²) >= 11 is 0. The Morgan fingerprint density at radius 2 is 1.77 bits per heavy atom. The topological polar surface area (TPSA) is 143 Å². The number of rotatable bonds is 8. The fourth-order valence-corrected chi connectivity index (χ4v) is 3.81. The molecule has 1 unspecified atom stereocenters. The molecule has 0 saturated carbocycles. The highest BCUT2D eigenvalue weighted by molar-refractivity contribution is 6.04. The van der Waals surface area contributed by atoms with E-state index in [9.17, 15) is 14.4 Å². The van der Waals surface area contributed by atoms with Gasteiger partial charge in [0.1, 0.15) is 17.5 Å². The summed E-state index contributed by atoms with van der Waals surface area (Å²) in [6.07, 6.45) is 1.36. The second-order valence-electron chi connectivity index (χ2n) is 8.72. The number of hydrogen-bond donors (Lipinski definition) is 2. The number of carbonyl (C=O) groups excluding carboxylic acids is 3. The quantitative estimate of drug-likeness (QED) is 0.333. The number of nitrogens with two attached hydrogens (primary N) is 1. The zero-order chi connectivity index (χ0) is 27.9. The minimum atomic E-state index is -0.660. The number of ether oxygens (including phenoxy) is 1. The van der Waals surface area contributed by atoms with Crippen molar-refractivity contribution < 1.29 is 19.1 Å². The molecule has 0 radical (unpaired) electrons. The first-order valence-electron chi connectivity index (χ1n) is 12.0. The maximum Gasteiger partial charge on any atom is 0.338 e. The lowest BCUT2D eigenvalue weighted by molar-refractivity contribution is -0.135. The van der Waals surface area contributed by atoms with Crippen molar-refractivity contribution in [2.45, 2.75) is 13.0 Å². The van der Waals surface area contributed by atoms with E-state index in [0.717, 1.165) is 5.56 Å². The molecule has 0 aliphatic heterocycles. The van der Waals surface area contributed by atoms with E-state index in [4.69, 9.17) is 15.7 Å². The van der Waals surface area contributed by atoms with Crippen molar-refractivity contribution in [2.24, 2.45) is 0 Å². The molecule has 4 rings (SSSR count). The number of benzene rings is 3. The van der Waals surface area contributed by atoms with E-state index < -0.39 is 12.6 Å². The van der Waals surface area contributed by atoms with Crippen molar-refractivity contribution >= 4 is 29.3 Å². The van der Waals surface area contributed by atoms with Crippen LogP contribution in [0.2, 0.25) is 0 Å². The van der Waals surface area contributed by atoms with E-state index >= 15 is 0 Å². The number of aromatic nitrogens is 2. The molecule has 10 nitrogen and oxygen atoms in total. The molecule has 3 N–H and O–H groups in total. The molecule has 4 aromatic rings. The molecule has 0 aliphatic rings. The second-order valence-corrected chi connectivity index (χ2v) is 8.72. The van der Waals surface area contributed by atoms with Crippen LogP contribution < -0.4 is 11.1 Å². The number of hydrogen-bond acceptors (Lipinski definition) is 7. The number of nitrogens with zero attached hydrogens (tertiary/aromatic N) is 4. The van der Waals surface area contributed by atoms with Crippen LogP contribution in [0.4, 0.5) is 11.5 Å².